The van der Waals surface area contributed by atoms with Crippen LogP contribution >= 0.6 is 23.1 Å². The highest BCUT2D eigenvalue weighted by Crippen LogP contribution is 2.28. The second-order valence-electron chi connectivity index (χ2n) is 6.76. The van der Waals surface area contributed by atoms with Gasteiger partial charge in [-0.3, -0.25) is 9.36 Å². The van der Waals surface area contributed by atoms with Gasteiger partial charge in [0, 0.05) is 16.1 Å². The number of aryl methyl sites for hydroxylation is 1. The monoisotopic (exact) mass is 463 g/mol. The molecule has 2 aromatic carbocycles. The van der Waals surface area contributed by atoms with Gasteiger partial charge in [-0.1, -0.05) is 30.0 Å². The molecule has 162 valence electrons. The van der Waals surface area contributed by atoms with Gasteiger partial charge >= 0.3 is 0 Å². The molecule has 32 heavy (non-hydrogen) atoms. The number of benzene rings is 2. The maximum Gasteiger partial charge on any atom is 0.250 e. The molecule has 0 saturated heterocycles. The Morgan fingerprint density at radius 1 is 1.16 bits per heavy atom. The van der Waals surface area contributed by atoms with Gasteiger partial charge in [0.1, 0.15) is 5.75 Å². The number of carbonyl (C=O) groups is 1. The summed E-state index contributed by atoms with van der Waals surface area (Å²) in [5, 5.41) is 15.4. The standard InChI is InChI=1S/C23H21N5O2S2/c1-16-12-13-31-20(16)14-24-25-21(29)15-32-23-27-26-22(17-8-10-19(30-2)11-9-17)28(23)18-6-4-3-5-7-18/h3-14H,15H2,1-2H3,(H,25,29)/b24-14-. The highest BCUT2D eigenvalue weighted by molar-refractivity contribution is 7.99. The van der Waals surface area contributed by atoms with Crippen LogP contribution in [0.2, 0.25) is 0 Å². The first kappa shape index (κ1) is 21.8. The van der Waals surface area contributed by atoms with Crippen LogP contribution in [0, 0.1) is 6.92 Å². The van der Waals surface area contributed by atoms with Gasteiger partial charge in [-0.25, -0.2) is 5.43 Å². The van der Waals surface area contributed by atoms with Crippen molar-refractivity contribution in [1.29, 1.82) is 0 Å². The van der Waals surface area contributed by atoms with E-state index in [1.807, 2.05) is 77.5 Å². The first-order chi connectivity index (χ1) is 15.7. The molecule has 1 amide bonds. The second-order valence-corrected chi connectivity index (χ2v) is 8.65. The van der Waals surface area contributed by atoms with E-state index in [0.29, 0.717) is 11.0 Å². The largest absolute Gasteiger partial charge is 0.497 e. The molecule has 4 rings (SSSR count). The van der Waals surface area contributed by atoms with Crippen molar-refractivity contribution in [2.24, 2.45) is 5.10 Å². The lowest BCUT2D eigenvalue weighted by atomic mass is 10.2. The van der Waals surface area contributed by atoms with Crippen LogP contribution in [0.25, 0.3) is 17.1 Å². The van der Waals surface area contributed by atoms with E-state index in [1.165, 1.54) is 11.8 Å². The summed E-state index contributed by atoms with van der Waals surface area (Å²) in [5.41, 5.74) is 5.51. The minimum Gasteiger partial charge on any atom is -0.497 e. The van der Waals surface area contributed by atoms with Gasteiger partial charge in [0.05, 0.1) is 19.1 Å². The molecule has 0 spiro atoms. The fourth-order valence-electron chi connectivity index (χ4n) is 2.94. The summed E-state index contributed by atoms with van der Waals surface area (Å²) in [6, 6.07) is 19.5. The number of hydrogen-bond acceptors (Lipinski definition) is 7. The minimum absolute atomic E-state index is 0.161. The van der Waals surface area contributed by atoms with E-state index in [2.05, 4.69) is 20.7 Å². The number of rotatable bonds is 8. The van der Waals surface area contributed by atoms with Crippen LogP contribution < -0.4 is 10.2 Å². The maximum atomic E-state index is 12.3. The van der Waals surface area contributed by atoms with E-state index in [0.717, 1.165) is 27.4 Å². The molecular weight excluding hydrogens is 442 g/mol. The molecule has 0 bridgehead atoms. The summed E-state index contributed by atoms with van der Waals surface area (Å²) in [6.45, 7) is 2.01. The molecule has 0 aliphatic carbocycles. The molecule has 2 aromatic heterocycles. The molecule has 0 aliphatic heterocycles. The Bertz CT molecular complexity index is 1220. The minimum atomic E-state index is -0.214. The fraction of sp³-hybridized carbons (Fsp3) is 0.130. The molecule has 0 unspecified atom stereocenters. The smallest absolute Gasteiger partial charge is 0.250 e. The molecule has 7 nitrogen and oxygen atoms in total. The van der Waals surface area contributed by atoms with Crippen LogP contribution in [0.5, 0.6) is 5.75 Å². The Morgan fingerprint density at radius 2 is 1.94 bits per heavy atom. The topological polar surface area (TPSA) is 81.4 Å². The van der Waals surface area contributed by atoms with Crippen LogP contribution in [0.1, 0.15) is 10.4 Å². The van der Waals surface area contributed by atoms with Crippen molar-refractivity contribution in [3.8, 4) is 22.8 Å². The van der Waals surface area contributed by atoms with E-state index >= 15 is 0 Å². The molecule has 0 atom stereocenters. The molecular formula is C23H21N5O2S2. The second kappa shape index (κ2) is 10.3. The van der Waals surface area contributed by atoms with Crippen molar-refractivity contribution in [1.82, 2.24) is 20.2 Å². The number of aromatic nitrogens is 3. The van der Waals surface area contributed by atoms with Gasteiger partial charge in [-0.05, 0) is 60.3 Å². The average molecular weight is 464 g/mol. The number of ether oxygens (including phenoxy) is 1. The number of nitrogens with one attached hydrogen (secondary N) is 1. The SMILES string of the molecule is COc1ccc(-c2nnc(SCC(=O)N/N=C\c3sccc3C)n2-c2ccccc2)cc1. The number of thiophene rings is 1. The lowest BCUT2D eigenvalue weighted by Crippen LogP contribution is -2.20. The predicted molar refractivity (Wildman–Crippen MR) is 129 cm³/mol. The van der Waals surface area contributed by atoms with Crippen molar-refractivity contribution in [2.45, 2.75) is 12.1 Å². The van der Waals surface area contributed by atoms with Crippen molar-refractivity contribution < 1.29 is 9.53 Å². The van der Waals surface area contributed by atoms with Crippen LogP contribution in [0.3, 0.4) is 0 Å². The van der Waals surface area contributed by atoms with E-state index in [4.69, 9.17) is 4.74 Å². The van der Waals surface area contributed by atoms with Crippen LogP contribution in [0.4, 0.5) is 0 Å². The molecule has 1 N–H and O–H groups in total. The number of para-hydroxylation sites is 1. The van der Waals surface area contributed by atoms with Crippen molar-refractivity contribution in [2.75, 3.05) is 12.9 Å². The molecule has 0 radical (unpaired) electrons. The molecule has 0 fully saturated rings. The number of hydrazone groups is 1. The molecule has 0 saturated carbocycles. The van der Waals surface area contributed by atoms with Crippen LogP contribution in [-0.2, 0) is 4.79 Å². The van der Waals surface area contributed by atoms with Crippen LogP contribution in [0.15, 0.2) is 76.3 Å². The van der Waals surface area contributed by atoms with Crippen molar-refractivity contribution >= 4 is 35.2 Å². The average Bonchev–Trinajstić information content (AvgIpc) is 3.44. The number of carbonyl (C=O) groups excluding carboxylic acids is 1. The third-order valence-electron chi connectivity index (χ3n) is 4.60. The van der Waals surface area contributed by atoms with E-state index in [1.54, 1.807) is 24.7 Å². The number of amides is 1. The summed E-state index contributed by atoms with van der Waals surface area (Å²) < 4.78 is 7.19. The van der Waals surface area contributed by atoms with Crippen LogP contribution in [-0.4, -0.2) is 39.7 Å². The lowest BCUT2D eigenvalue weighted by Gasteiger charge is -2.10. The third-order valence-corrected chi connectivity index (χ3v) is 6.48. The Hall–Kier alpha value is -3.43. The van der Waals surface area contributed by atoms with Gasteiger partial charge in [0.25, 0.3) is 5.91 Å². The number of nitrogens with zero attached hydrogens (tertiary/aromatic N) is 4. The first-order valence-corrected chi connectivity index (χ1v) is 11.7. The Morgan fingerprint density at radius 3 is 2.62 bits per heavy atom. The molecule has 9 heteroatoms. The van der Waals surface area contributed by atoms with Gasteiger partial charge in [0.15, 0.2) is 11.0 Å². The Kier molecular flexibility index (Phi) is 6.98. The van der Waals surface area contributed by atoms with Crippen molar-refractivity contribution in [3.05, 3.63) is 76.5 Å². The van der Waals surface area contributed by atoms with Gasteiger partial charge < -0.3 is 4.74 Å². The summed E-state index contributed by atoms with van der Waals surface area (Å²) in [7, 11) is 1.63. The zero-order valence-electron chi connectivity index (χ0n) is 17.6. The number of hydrogen-bond donors (Lipinski definition) is 1. The van der Waals surface area contributed by atoms with Gasteiger partial charge in [0.2, 0.25) is 0 Å². The van der Waals surface area contributed by atoms with Gasteiger partial charge in [-0.15, -0.1) is 21.5 Å². The van der Waals surface area contributed by atoms with E-state index in [-0.39, 0.29) is 11.7 Å². The van der Waals surface area contributed by atoms with Crippen molar-refractivity contribution in [3.63, 3.8) is 0 Å². The zero-order valence-corrected chi connectivity index (χ0v) is 19.2. The quantitative estimate of drug-likeness (QED) is 0.235. The predicted octanol–water partition coefficient (Wildman–Crippen LogP) is 4.56. The third kappa shape index (κ3) is 5.06. The highest BCUT2D eigenvalue weighted by Gasteiger charge is 2.17. The summed E-state index contributed by atoms with van der Waals surface area (Å²) >= 11 is 2.88. The summed E-state index contributed by atoms with van der Waals surface area (Å²) in [6.07, 6.45) is 1.66. The molecule has 4 aromatic rings. The number of methoxy groups -OCH3 is 1. The normalized spacial score (nSPS) is 11.1. The van der Waals surface area contributed by atoms with E-state index in [9.17, 15) is 4.79 Å². The maximum absolute atomic E-state index is 12.3. The molecule has 2 heterocycles. The highest BCUT2D eigenvalue weighted by atomic mass is 32.2. The summed E-state index contributed by atoms with van der Waals surface area (Å²) in [4.78, 5) is 13.3. The van der Waals surface area contributed by atoms with E-state index < -0.39 is 0 Å². The fourth-order valence-corrected chi connectivity index (χ4v) is 4.47. The first-order valence-electron chi connectivity index (χ1n) is 9.80. The van der Waals surface area contributed by atoms with Gasteiger partial charge in [-0.2, -0.15) is 5.10 Å². The number of thioether (sulfide) groups is 1. The zero-order chi connectivity index (χ0) is 22.3. The molecule has 0 aliphatic rings. The Labute approximate surface area is 194 Å². The summed E-state index contributed by atoms with van der Waals surface area (Å²) in [5.74, 6) is 1.40. The lowest BCUT2D eigenvalue weighted by molar-refractivity contribution is -0.118. The Balaban J connectivity index is 1.52.